The number of aliphatic carboxylic acids is 1. The molecule has 0 saturated carbocycles. The lowest BCUT2D eigenvalue weighted by Crippen LogP contribution is -2.34. The van der Waals surface area contributed by atoms with Crippen molar-refractivity contribution in [3.05, 3.63) is 120 Å². The second kappa shape index (κ2) is 19.9. The third-order valence-electron chi connectivity index (χ3n) is 10.4. The first-order chi connectivity index (χ1) is 31.4. The number of sulfonamides is 1. The van der Waals surface area contributed by atoms with Crippen LogP contribution in [0.1, 0.15) is 57.2 Å². The number of nitrogens with zero attached hydrogens (tertiary/aromatic N) is 4. The van der Waals surface area contributed by atoms with Crippen LogP contribution in [0, 0.1) is 20.8 Å². The van der Waals surface area contributed by atoms with Crippen molar-refractivity contribution in [1.29, 1.82) is 0 Å². The van der Waals surface area contributed by atoms with Crippen LogP contribution >= 0.6 is 0 Å². The summed E-state index contributed by atoms with van der Waals surface area (Å²) in [5.74, 6) is -0.863. The van der Waals surface area contributed by atoms with Crippen LogP contribution in [0.4, 0.5) is 39.8 Å². The summed E-state index contributed by atoms with van der Waals surface area (Å²) in [6, 6.07) is 28.1. The molecule has 352 valence electrons. The number of aryl methyl sites for hydroxylation is 3. The molecule has 6 rings (SSSR count). The van der Waals surface area contributed by atoms with E-state index in [1.807, 2.05) is 44.2 Å². The van der Waals surface area contributed by atoms with Gasteiger partial charge in [-0.25, -0.2) is 8.42 Å². The number of carboxylic acid groups (broad SMARTS) is 1. The van der Waals surface area contributed by atoms with E-state index >= 15 is 0 Å². The number of carboxylic acids is 1. The standard InChI is InChI=1S/C48H52N6O11S2/c1-29-22-31(3)44(41(23-29)66(58,59)54-34-14-17-36(18-15-34)65-47(4,5)20-21-64-48(6,7)28-43(55)56)52-50-38-27-40(63-8)39(24-30(38)2)51-53-45-42(67(60,61)62)26-32-25-35(16-19-37(32)46(45)57)49-33-12-10-9-11-13-33/h9-19,22-27,49,54,57H,20-21,28H2,1-8H3,(H,55,56)(H,60,61,62). The maximum absolute atomic E-state index is 14.0. The number of ether oxygens (including phenoxy) is 3. The highest BCUT2D eigenvalue weighted by molar-refractivity contribution is 7.93. The fourth-order valence-electron chi connectivity index (χ4n) is 7.04. The molecule has 0 unspecified atom stereocenters. The molecule has 0 aromatic heterocycles. The van der Waals surface area contributed by atoms with Gasteiger partial charge in [0.25, 0.3) is 20.1 Å². The summed E-state index contributed by atoms with van der Waals surface area (Å²) in [4.78, 5) is 10.3. The molecule has 6 aromatic rings. The summed E-state index contributed by atoms with van der Waals surface area (Å²) in [7, 11) is -7.76. The number of anilines is 3. The molecule has 19 heteroatoms. The molecule has 0 heterocycles. The number of carbonyl (C=O) groups is 1. The maximum Gasteiger partial charge on any atom is 0.306 e. The number of fused-ring (bicyclic) bond motifs is 1. The monoisotopic (exact) mass is 952 g/mol. The minimum Gasteiger partial charge on any atom is -0.505 e. The Labute approximate surface area is 389 Å². The second-order valence-corrected chi connectivity index (χ2v) is 20.1. The van der Waals surface area contributed by atoms with E-state index in [1.165, 1.54) is 31.4 Å². The number of hydrogen-bond acceptors (Lipinski definition) is 14. The predicted octanol–water partition coefficient (Wildman–Crippen LogP) is 11.9. The smallest absolute Gasteiger partial charge is 0.306 e. The van der Waals surface area contributed by atoms with E-state index in [2.05, 4.69) is 30.5 Å². The Bertz CT molecular complexity index is 3100. The molecule has 0 spiro atoms. The molecule has 6 aromatic carbocycles. The van der Waals surface area contributed by atoms with E-state index in [-0.39, 0.29) is 51.8 Å². The lowest BCUT2D eigenvalue weighted by Gasteiger charge is -2.29. The molecule has 0 aliphatic heterocycles. The van der Waals surface area contributed by atoms with Gasteiger partial charge in [0, 0.05) is 34.9 Å². The third-order valence-corrected chi connectivity index (χ3v) is 12.6. The quantitative estimate of drug-likeness (QED) is 0.0376. The number of nitrogens with one attached hydrogen (secondary N) is 2. The number of rotatable bonds is 19. The van der Waals surface area contributed by atoms with E-state index in [4.69, 9.17) is 19.3 Å². The number of phenols is 1. The van der Waals surface area contributed by atoms with Crippen LogP contribution < -0.4 is 19.5 Å². The Morgan fingerprint density at radius 3 is 2.01 bits per heavy atom. The Kier molecular flexibility index (Phi) is 14.7. The lowest BCUT2D eigenvalue weighted by molar-refractivity contribution is -0.144. The van der Waals surface area contributed by atoms with Crippen molar-refractivity contribution in [2.24, 2.45) is 20.5 Å². The zero-order chi connectivity index (χ0) is 48.9. The highest BCUT2D eigenvalue weighted by Crippen LogP contribution is 2.44. The summed E-state index contributed by atoms with van der Waals surface area (Å²) in [5, 5.41) is 41.3. The molecule has 67 heavy (non-hydrogen) atoms. The molecule has 0 bridgehead atoms. The van der Waals surface area contributed by atoms with Gasteiger partial charge in [0.15, 0.2) is 5.75 Å². The zero-order valence-electron chi connectivity index (χ0n) is 38.1. The van der Waals surface area contributed by atoms with Gasteiger partial charge in [0.05, 0.1) is 31.4 Å². The van der Waals surface area contributed by atoms with Gasteiger partial charge in [-0.15, -0.1) is 15.3 Å². The van der Waals surface area contributed by atoms with Gasteiger partial charge in [0.1, 0.15) is 44.0 Å². The van der Waals surface area contributed by atoms with Crippen molar-refractivity contribution in [3.63, 3.8) is 0 Å². The van der Waals surface area contributed by atoms with Crippen molar-refractivity contribution in [2.75, 3.05) is 23.8 Å². The van der Waals surface area contributed by atoms with Gasteiger partial charge < -0.3 is 29.7 Å². The average Bonchev–Trinajstić information content (AvgIpc) is 3.23. The fraction of sp³-hybridized carbons (Fsp3) is 0.271. The fourth-order valence-corrected chi connectivity index (χ4v) is 9.06. The van der Waals surface area contributed by atoms with Crippen LogP contribution in [0.5, 0.6) is 17.2 Å². The second-order valence-electron chi connectivity index (χ2n) is 17.0. The molecule has 0 aliphatic carbocycles. The summed E-state index contributed by atoms with van der Waals surface area (Å²) in [6.45, 7) is 12.6. The topological polar surface area (TPSA) is 247 Å². The van der Waals surface area contributed by atoms with Gasteiger partial charge in [0.2, 0.25) is 0 Å². The molecular weight excluding hydrogens is 901 g/mol. The molecule has 0 fully saturated rings. The first-order valence-corrected chi connectivity index (χ1v) is 23.8. The first-order valence-electron chi connectivity index (χ1n) is 20.8. The number of azo groups is 2. The van der Waals surface area contributed by atoms with E-state index < -0.39 is 53.6 Å². The lowest BCUT2D eigenvalue weighted by atomic mass is 10.0. The van der Waals surface area contributed by atoms with Crippen LogP contribution in [-0.4, -0.2) is 62.5 Å². The van der Waals surface area contributed by atoms with Crippen LogP contribution in [0.15, 0.2) is 133 Å². The molecule has 0 saturated heterocycles. The molecule has 0 radical (unpaired) electrons. The van der Waals surface area contributed by atoms with Crippen LogP contribution in [0.25, 0.3) is 10.8 Å². The minimum absolute atomic E-state index is 0.0863. The molecule has 0 atom stereocenters. The Balaban J connectivity index is 1.22. The van der Waals surface area contributed by atoms with E-state index in [0.29, 0.717) is 39.9 Å². The predicted molar refractivity (Wildman–Crippen MR) is 256 cm³/mol. The third kappa shape index (κ3) is 12.7. The van der Waals surface area contributed by atoms with Crippen LogP contribution in [0.3, 0.4) is 0 Å². The molecule has 5 N–H and O–H groups in total. The first kappa shape index (κ1) is 49.5. The number of methoxy groups -OCH3 is 1. The molecular formula is C48H52N6O11S2. The Morgan fingerprint density at radius 1 is 0.701 bits per heavy atom. The van der Waals surface area contributed by atoms with Gasteiger partial charge in [-0.05, 0) is 143 Å². The summed E-state index contributed by atoms with van der Waals surface area (Å²) < 4.78 is 83.5. The van der Waals surface area contributed by atoms with E-state index in [1.54, 1.807) is 83.1 Å². The van der Waals surface area contributed by atoms with Crippen molar-refractivity contribution < 1.29 is 50.6 Å². The Morgan fingerprint density at radius 2 is 1.36 bits per heavy atom. The van der Waals surface area contributed by atoms with Crippen molar-refractivity contribution >= 4 is 76.7 Å². The molecule has 0 aliphatic rings. The summed E-state index contributed by atoms with van der Waals surface area (Å²) in [5.41, 5.74) is 1.84. The summed E-state index contributed by atoms with van der Waals surface area (Å²) >= 11 is 0. The highest BCUT2D eigenvalue weighted by atomic mass is 32.2. The van der Waals surface area contributed by atoms with Crippen LogP contribution in [-0.2, 0) is 29.7 Å². The molecule has 0 amide bonds. The number of benzene rings is 6. The minimum atomic E-state index is -4.90. The van der Waals surface area contributed by atoms with Crippen molar-refractivity contribution in [2.45, 2.75) is 82.3 Å². The molecule has 17 nitrogen and oxygen atoms in total. The normalized spacial score (nSPS) is 12.5. The average molecular weight is 953 g/mol. The highest BCUT2D eigenvalue weighted by Gasteiger charge is 2.27. The van der Waals surface area contributed by atoms with Gasteiger partial charge in [-0.3, -0.25) is 14.1 Å². The number of para-hydroxylation sites is 1. The van der Waals surface area contributed by atoms with Gasteiger partial charge >= 0.3 is 5.97 Å². The van der Waals surface area contributed by atoms with Crippen molar-refractivity contribution in [3.8, 4) is 17.2 Å². The van der Waals surface area contributed by atoms with E-state index in [9.17, 15) is 31.3 Å². The SMILES string of the molecule is COc1cc(N=Nc2c(C)cc(C)cc2S(=O)(=O)Nc2ccc(OC(C)(C)CCOC(C)(C)CC(=O)O)cc2)c(C)cc1N=Nc1c(S(=O)(=O)O)cc2cc(Nc3ccccc3)ccc2c1O. The van der Waals surface area contributed by atoms with Crippen LogP contribution in [0.2, 0.25) is 0 Å². The van der Waals surface area contributed by atoms with E-state index in [0.717, 1.165) is 5.69 Å². The largest absolute Gasteiger partial charge is 0.505 e. The number of hydrogen-bond donors (Lipinski definition) is 5. The van der Waals surface area contributed by atoms with Gasteiger partial charge in [-0.2, -0.15) is 13.5 Å². The zero-order valence-corrected chi connectivity index (χ0v) is 39.8. The maximum atomic E-state index is 14.0. The van der Waals surface area contributed by atoms with Crippen molar-refractivity contribution in [1.82, 2.24) is 0 Å². The Hall–Kier alpha value is -6.93. The van der Waals surface area contributed by atoms with Gasteiger partial charge in [-0.1, -0.05) is 24.3 Å². The summed E-state index contributed by atoms with van der Waals surface area (Å²) in [6.07, 6.45) is 0.325. The number of phenolic OH excluding ortho intramolecular Hbond substituents is 1. The number of aromatic hydroxyl groups is 1.